The molecule has 0 bridgehead atoms. The third-order valence-corrected chi connectivity index (χ3v) is 4.49. The Hall–Kier alpha value is -1.77. The molecule has 1 saturated heterocycles. The number of aryl methyl sites for hydroxylation is 1. The first-order chi connectivity index (χ1) is 11.1. The van der Waals surface area contributed by atoms with Gasteiger partial charge in [-0.3, -0.25) is 0 Å². The van der Waals surface area contributed by atoms with Crippen LogP contribution in [-0.2, 0) is 12.6 Å². The van der Waals surface area contributed by atoms with Gasteiger partial charge in [-0.05, 0) is 18.8 Å². The molecule has 1 aliphatic heterocycles. The number of likely N-dealkylation sites (tertiary alicyclic amines) is 1. The fraction of sp³-hybridized carbons (Fsp3) is 0.733. The molecule has 24 heavy (non-hydrogen) atoms. The van der Waals surface area contributed by atoms with Gasteiger partial charge in [-0.2, -0.15) is 13.2 Å². The second-order valence-corrected chi connectivity index (χ2v) is 6.37. The molecule has 1 fully saturated rings. The molecule has 6 nitrogen and oxygen atoms in total. The first-order valence-corrected chi connectivity index (χ1v) is 7.95. The summed E-state index contributed by atoms with van der Waals surface area (Å²) >= 11 is 0. The predicted octanol–water partition coefficient (Wildman–Crippen LogP) is 2.00. The largest absolute Gasteiger partial charge is 0.424 e. The van der Waals surface area contributed by atoms with Gasteiger partial charge in [-0.25, -0.2) is 9.78 Å². The van der Waals surface area contributed by atoms with Crippen molar-refractivity contribution >= 4 is 6.03 Å². The van der Waals surface area contributed by atoms with Gasteiger partial charge in [0.25, 0.3) is 0 Å². The van der Waals surface area contributed by atoms with Gasteiger partial charge in [0.2, 0.25) is 5.60 Å². The quantitative estimate of drug-likeness (QED) is 0.874. The van der Waals surface area contributed by atoms with Gasteiger partial charge in [-0.1, -0.05) is 6.92 Å². The number of urea groups is 1. The topological polar surface area (TPSA) is 70.4 Å². The van der Waals surface area contributed by atoms with Crippen molar-refractivity contribution in [2.45, 2.75) is 38.0 Å². The third-order valence-electron chi connectivity index (χ3n) is 4.49. The molecular weight excluding hydrogens is 325 g/mol. The molecule has 1 unspecified atom stereocenters. The zero-order chi connectivity index (χ0) is 18.0. The molecular formula is C15H23F3N4O2. The number of rotatable bonds is 4. The smallest absolute Gasteiger partial charge is 0.374 e. The van der Waals surface area contributed by atoms with E-state index in [0.717, 1.165) is 17.4 Å². The number of imidazole rings is 1. The van der Waals surface area contributed by atoms with Crippen molar-refractivity contribution in [3.05, 3.63) is 18.2 Å². The van der Waals surface area contributed by atoms with Crippen molar-refractivity contribution < 1.29 is 23.1 Å². The van der Waals surface area contributed by atoms with E-state index in [-0.39, 0.29) is 6.54 Å². The van der Waals surface area contributed by atoms with Crippen molar-refractivity contribution in [2.75, 3.05) is 19.6 Å². The van der Waals surface area contributed by atoms with Gasteiger partial charge < -0.3 is 19.9 Å². The molecule has 0 saturated carbocycles. The van der Waals surface area contributed by atoms with E-state index in [4.69, 9.17) is 0 Å². The molecule has 0 aromatic carbocycles. The van der Waals surface area contributed by atoms with Gasteiger partial charge in [0.1, 0.15) is 5.82 Å². The molecule has 1 aliphatic rings. The van der Waals surface area contributed by atoms with Gasteiger partial charge in [-0.15, -0.1) is 0 Å². The number of nitrogens with zero attached hydrogens (tertiary/aromatic N) is 3. The lowest BCUT2D eigenvalue weighted by atomic mass is 9.97. The van der Waals surface area contributed by atoms with Crippen LogP contribution in [0.25, 0.3) is 0 Å². The maximum absolute atomic E-state index is 13.3. The first-order valence-electron chi connectivity index (χ1n) is 7.95. The van der Waals surface area contributed by atoms with E-state index < -0.39 is 30.1 Å². The van der Waals surface area contributed by atoms with Crippen LogP contribution in [0.3, 0.4) is 0 Å². The van der Waals surface area contributed by atoms with E-state index in [9.17, 15) is 23.1 Å². The Labute approximate surface area is 138 Å². The number of carbonyl (C=O) groups excluding carboxylic acids is 1. The van der Waals surface area contributed by atoms with Crippen LogP contribution in [-0.4, -0.2) is 51.4 Å². The SMILES string of the molecule is CC1CCN(C(=O)NCCC(O)(c2nccn2C)C(F)(F)F)CC1. The van der Waals surface area contributed by atoms with E-state index in [1.165, 1.54) is 19.4 Å². The summed E-state index contributed by atoms with van der Waals surface area (Å²) < 4.78 is 41.2. The van der Waals surface area contributed by atoms with Crippen LogP contribution >= 0.6 is 0 Å². The number of hydrogen-bond donors (Lipinski definition) is 2. The molecule has 1 atom stereocenters. The van der Waals surface area contributed by atoms with Crippen molar-refractivity contribution in [2.24, 2.45) is 13.0 Å². The van der Waals surface area contributed by atoms with Crippen molar-refractivity contribution in [1.29, 1.82) is 0 Å². The molecule has 2 rings (SSSR count). The van der Waals surface area contributed by atoms with Gasteiger partial charge >= 0.3 is 12.2 Å². The minimum absolute atomic E-state index is 0.298. The van der Waals surface area contributed by atoms with Crippen LogP contribution in [0.1, 0.15) is 32.0 Å². The van der Waals surface area contributed by atoms with Crippen molar-refractivity contribution in [1.82, 2.24) is 19.8 Å². The summed E-state index contributed by atoms with van der Waals surface area (Å²) in [6, 6.07) is -0.397. The monoisotopic (exact) mass is 348 g/mol. The van der Waals surface area contributed by atoms with E-state index in [0.29, 0.717) is 19.0 Å². The second-order valence-electron chi connectivity index (χ2n) is 6.37. The average Bonchev–Trinajstić information content (AvgIpc) is 2.93. The first kappa shape index (κ1) is 18.6. The Morgan fingerprint density at radius 2 is 2.04 bits per heavy atom. The summed E-state index contributed by atoms with van der Waals surface area (Å²) in [4.78, 5) is 17.2. The maximum atomic E-state index is 13.3. The van der Waals surface area contributed by atoms with Crippen LogP contribution in [0.2, 0.25) is 0 Å². The van der Waals surface area contributed by atoms with E-state index in [1.807, 2.05) is 0 Å². The minimum Gasteiger partial charge on any atom is -0.374 e. The highest BCUT2D eigenvalue weighted by atomic mass is 19.4. The van der Waals surface area contributed by atoms with E-state index in [2.05, 4.69) is 17.2 Å². The maximum Gasteiger partial charge on any atom is 0.424 e. The average molecular weight is 348 g/mol. The number of aliphatic hydroxyl groups is 1. The minimum atomic E-state index is -4.89. The Morgan fingerprint density at radius 1 is 1.42 bits per heavy atom. The van der Waals surface area contributed by atoms with Gasteiger partial charge in [0, 0.05) is 45.5 Å². The normalized spacial score (nSPS) is 19.2. The number of piperidine rings is 1. The number of nitrogens with one attached hydrogen (secondary N) is 1. The fourth-order valence-electron chi connectivity index (χ4n) is 2.82. The lowest BCUT2D eigenvalue weighted by Gasteiger charge is -2.32. The number of amides is 2. The molecule has 2 amide bonds. The Balaban J connectivity index is 1.97. The van der Waals surface area contributed by atoms with E-state index >= 15 is 0 Å². The molecule has 9 heteroatoms. The van der Waals surface area contributed by atoms with Crippen LogP contribution in [0.5, 0.6) is 0 Å². The summed E-state index contributed by atoms with van der Waals surface area (Å²) in [6.07, 6.45) is -1.30. The Morgan fingerprint density at radius 3 is 2.54 bits per heavy atom. The molecule has 0 radical (unpaired) electrons. The summed E-state index contributed by atoms with van der Waals surface area (Å²) in [5.74, 6) is 0.0591. The zero-order valence-electron chi connectivity index (χ0n) is 13.8. The molecule has 0 aliphatic carbocycles. The summed E-state index contributed by atoms with van der Waals surface area (Å²) in [5.41, 5.74) is -3.10. The lowest BCUT2D eigenvalue weighted by Crippen LogP contribution is -2.49. The van der Waals surface area contributed by atoms with Crippen molar-refractivity contribution in [3.8, 4) is 0 Å². The predicted molar refractivity (Wildman–Crippen MR) is 81.1 cm³/mol. The summed E-state index contributed by atoms with van der Waals surface area (Å²) in [5, 5.41) is 12.6. The highest BCUT2D eigenvalue weighted by Crippen LogP contribution is 2.40. The molecule has 2 N–H and O–H groups in total. The molecule has 2 heterocycles. The highest BCUT2D eigenvalue weighted by Gasteiger charge is 2.57. The lowest BCUT2D eigenvalue weighted by molar-refractivity contribution is -0.272. The highest BCUT2D eigenvalue weighted by molar-refractivity contribution is 5.74. The zero-order valence-corrected chi connectivity index (χ0v) is 13.8. The van der Waals surface area contributed by atoms with Crippen LogP contribution in [0.4, 0.5) is 18.0 Å². The molecule has 1 aromatic rings. The Kier molecular flexibility index (Phi) is 5.42. The summed E-state index contributed by atoms with van der Waals surface area (Å²) in [6.45, 7) is 2.99. The summed E-state index contributed by atoms with van der Waals surface area (Å²) in [7, 11) is 1.38. The number of aromatic nitrogens is 2. The number of hydrogen-bond acceptors (Lipinski definition) is 3. The Bertz CT molecular complexity index is 567. The fourth-order valence-corrected chi connectivity index (χ4v) is 2.82. The van der Waals surface area contributed by atoms with Crippen molar-refractivity contribution in [3.63, 3.8) is 0 Å². The van der Waals surface area contributed by atoms with Crippen LogP contribution in [0, 0.1) is 5.92 Å². The number of halogens is 3. The number of alkyl halides is 3. The third kappa shape index (κ3) is 3.82. The molecule has 136 valence electrons. The van der Waals surface area contributed by atoms with Gasteiger partial charge in [0.05, 0.1) is 0 Å². The van der Waals surface area contributed by atoms with Crippen LogP contribution in [0.15, 0.2) is 12.4 Å². The standard InChI is InChI=1S/C15H23F3N4O2/c1-11-3-8-22(9-4-11)13(23)20-6-5-14(24,15(16,17)18)12-19-7-10-21(12)2/h7,10-11,24H,3-6,8-9H2,1-2H3,(H,20,23). The van der Waals surface area contributed by atoms with E-state index in [1.54, 1.807) is 4.90 Å². The van der Waals surface area contributed by atoms with Crippen LogP contribution < -0.4 is 5.32 Å². The van der Waals surface area contributed by atoms with Gasteiger partial charge in [0.15, 0.2) is 0 Å². The molecule has 1 aromatic heterocycles. The number of carbonyl (C=O) groups is 1. The second kappa shape index (κ2) is 7.00. The molecule has 0 spiro atoms.